The number of nitrogens with one attached hydrogen (secondary N) is 2. The number of rotatable bonds is 4. The predicted octanol–water partition coefficient (Wildman–Crippen LogP) is 2.42. The fraction of sp³-hybridized carbons (Fsp3) is 0.333. The lowest BCUT2D eigenvalue weighted by Gasteiger charge is -2.32. The second kappa shape index (κ2) is 6.49. The molecule has 1 unspecified atom stereocenters. The summed E-state index contributed by atoms with van der Waals surface area (Å²) in [7, 11) is 0. The number of carbonyl (C=O) groups excluding carboxylic acids is 1. The van der Waals surface area contributed by atoms with Crippen LogP contribution in [0, 0.1) is 0 Å². The molecule has 0 aliphatic carbocycles. The van der Waals surface area contributed by atoms with Gasteiger partial charge >= 0.3 is 0 Å². The summed E-state index contributed by atoms with van der Waals surface area (Å²) in [5.74, 6) is 0.181. The number of hydrogen-bond donors (Lipinski definition) is 2. The highest BCUT2D eigenvalue weighted by atomic mass is 16.5. The van der Waals surface area contributed by atoms with Gasteiger partial charge in [-0.05, 0) is 35.6 Å². The zero-order chi connectivity index (χ0) is 16.4. The maximum absolute atomic E-state index is 12.5. The van der Waals surface area contributed by atoms with E-state index in [0.29, 0.717) is 26.1 Å². The molecule has 1 amide bonds. The van der Waals surface area contributed by atoms with Gasteiger partial charge in [0.2, 0.25) is 5.91 Å². The molecule has 1 saturated heterocycles. The average molecular weight is 324 g/mol. The Morgan fingerprint density at radius 3 is 3.21 bits per heavy atom. The van der Waals surface area contributed by atoms with E-state index in [0.717, 1.165) is 17.5 Å². The van der Waals surface area contributed by atoms with Crippen molar-refractivity contribution in [3.05, 3.63) is 54.0 Å². The van der Waals surface area contributed by atoms with E-state index in [1.165, 1.54) is 10.9 Å². The molecule has 124 valence electrons. The predicted molar refractivity (Wildman–Crippen MR) is 90.5 cm³/mol. The average Bonchev–Trinajstić information content (AvgIpc) is 3.30. The summed E-state index contributed by atoms with van der Waals surface area (Å²) in [5, 5.41) is 7.93. The largest absolute Gasteiger partial charge is 0.370 e. The topological polar surface area (TPSA) is 74.0 Å². The van der Waals surface area contributed by atoms with Gasteiger partial charge in [0, 0.05) is 36.4 Å². The minimum atomic E-state index is -0.0855. The van der Waals surface area contributed by atoms with Crippen LogP contribution in [0.15, 0.2) is 42.9 Å². The van der Waals surface area contributed by atoms with Gasteiger partial charge in [0.1, 0.15) is 6.10 Å². The highest BCUT2D eigenvalue weighted by molar-refractivity contribution is 5.80. The van der Waals surface area contributed by atoms with Crippen LogP contribution in [0.3, 0.4) is 0 Å². The fourth-order valence-corrected chi connectivity index (χ4v) is 3.18. The van der Waals surface area contributed by atoms with Crippen molar-refractivity contribution in [1.29, 1.82) is 0 Å². The first-order chi connectivity index (χ1) is 11.8. The molecule has 1 aliphatic rings. The number of amides is 1. The standard InChI is InChI=1S/C18H20N4O2/c23-18(4-2-13-1-3-16-14(9-13)5-6-19-16)22-7-8-24-17(12-22)15-10-20-21-11-15/h1,3,5-6,9-11,17,19H,2,4,7-8,12H2,(H,20,21). The molecular weight excluding hydrogens is 304 g/mol. The molecule has 0 radical (unpaired) electrons. The van der Waals surface area contributed by atoms with Crippen LogP contribution in [-0.2, 0) is 16.0 Å². The summed E-state index contributed by atoms with van der Waals surface area (Å²) in [4.78, 5) is 17.6. The number of ether oxygens (including phenoxy) is 1. The number of nitrogens with zero attached hydrogens (tertiary/aromatic N) is 2. The Morgan fingerprint density at radius 1 is 1.38 bits per heavy atom. The molecule has 1 aliphatic heterocycles. The Labute approximate surface area is 139 Å². The fourth-order valence-electron chi connectivity index (χ4n) is 3.18. The van der Waals surface area contributed by atoms with E-state index in [1.807, 2.05) is 17.3 Å². The third kappa shape index (κ3) is 3.05. The number of morpholine rings is 1. The summed E-state index contributed by atoms with van der Waals surface area (Å²) in [6, 6.07) is 8.35. The molecule has 24 heavy (non-hydrogen) atoms. The maximum atomic E-state index is 12.5. The van der Waals surface area contributed by atoms with Crippen LogP contribution in [0.5, 0.6) is 0 Å². The number of fused-ring (bicyclic) bond motifs is 1. The number of carbonyl (C=O) groups is 1. The third-order valence-electron chi connectivity index (χ3n) is 4.56. The van der Waals surface area contributed by atoms with Crippen molar-refractivity contribution >= 4 is 16.8 Å². The van der Waals surface area contributed by atoms with Gasteiger partial charge in [0.15, 0.2) is 0 Å². The molecule has 3 heterocycles. The van der Waals surface area contributed by atoms with Crippen LogP contribution in [-0.4, -0.2) is 45.7 Å². The third-order valence-corrected chi connectivity index (χ3v) is 4.56. The second-order valence-corrected chi connectivity index (χ2v) is 6.13. The van der Waals surface area contributed by atoms with Crippen molar-refractivity contribution in [2.45, 2.75) is 18.9 Å². The van der Waals surface area contributed by atoms with Crippen molar-refractivity contribution in [2.24, 2.45) is 0 Å². The van der Waals surface area contributed by atoms with E-state index in [2.05, 4.69) is 39.4 Å². The molecule has 0 saturated carbocycles. The number of aromatic amines is 2. The van der Waals surface area contributed by atoms with Crippen LogP contribution in [0.1, 0.15) is 23.7 Å². The molecule has 1 fully saturated rings. The van der Waals surface area contributed by atoms with E-state index in [1.54, 1.807) is 6.20 Å². The highest BCUT2D eigenvalue weighted by Gasteiger charge is 2.25. The van der Waals surface area contributed by atoms with Crippen LogP contribution in [0.2, 0.25) is 0 Å². The van der Waals surface area contributed by atoms with Gasteiger partial charge in [-0.2, -0.15) is 5.10 Å². The first kappa shape index (κ1) is 15.0. The number of hydrogen-bond acceptors (Lipinski definition) is 3. The molecule has 1 aromatic carbocycles. The molecule has 2 N–H and O–H groups in total. The molecule has 0 bridgehead atoms. The lowest BCUT2D eigenvalue weighted by Crippen LogP contribution is -2.42. The van der Waals surface area contributed by atoms with Crippen LogP contribution in [0.25, 0.3) is 10.9 Å². The normalized spacial score (nSPS) is 18.2. The van der Waals surface area contributed by atoms with Crippen molar-refractivity contribution in [3.63, 3.8) is 0 Å². The lowest BCUT2D eigenvalue weighted by atomic mass is 10.1. The number of H-pyrrole nitrogens is 2. The highest BCUT2D eigenvalue weighted by Crippen LogP contribution is 2.22. The molecule has 6 heteroatoms. The van der Waals surface area contributed by atoms with Gasteiger partial charge in [0.25, 0.3) is 0 Å². The maximum Gasteiger partial charge on any atom is 0.223 e. The molecular formula is C18H20N4O2. The Morgan fingerprint density at radius 2 is 2.33 bits per heavy atom. The number of benzene rings is 1. The van der Waals surface area contributed by atoms with E-state index < -0.39 is 0 Å². The first-order valence-electron chi connectivity index (χ1n) is 8.24. The van der Waals surface area contributed by atoms with Gasteiger partial charge in [0.05, 0.1) is 19.3 Å². The first-order valence-corrected chi connectivity index (χ1v) is 8.24. The lowest BCUT2D eigenvalue weighted by molar-refractivity contribution is -0.139. The number of aromatic nitrogens is 3. The van der Waals surface area contributed by atoms with Crippen molar-refractivity contribution in [3.8, 4) is 0 Å². The molecule has 0 spiro atoms. The van der Waals surface area contributed by atoms with E-state index in [4.69, 9.17) is 4.74 Å². The Bertz CT molecular complexity index is 825. The Balaban J connectivity index is 1.36. The van der Waals surface area contributed by atoms with Gasteiger partial charge in [-0.1, -0.05) is 6.07 Å². The Hall–Kier alpha value is -2.60. The van der Waals surface area contributed by atoms with Crippen molar-refractivity contribution < 1.29 is 9.53 Å². The van der Waals surface area contributed by atoms with Crippen LogP contribution < -0.4 is 0 Å². The molecule has 3 aromatic rings. The van der Waals surface area contributed by atoms with Crippen molar-refractivity contribution in [1.82, 2.24) is 20.1 Å². The second-order valence-electron chi connectivity index (χ2n) is 6.13. The van der Waals surface area contributed by atoms with E-state index in [9.17, 15) is 4.79 Å². The smallest absolute Gasteiger partial charge is 0.223 e. The van der Waals surface area contributed by atoms with Gasteiger partial charge < -0.3 is 14.6 Å². The van der Waals surface area contributed by atoms with Crippen molar-refractivity contribution in [2.75, 3.05) is 19.7 Å². The van der Waals surface area contributed by atoms with Gasteiger partial charge in [-0.15, -0.1) is 0 Å². The van der Waals surface area contributed by atoms with Gasteiger partial charge in [-0.3, -0.25) is 9.89 Å². The Kier molecular flexibility index (Phi) is 4.04. The zero-order valence-corrected chi connectivity index (χ0v) is 13.4. The summed E-state index contributed by atoms with van der Waals surface area (Å²) in [5.41, 5.74) is 3.31. The SMILES string of the molecule is O=C(CCc1ccc2[nH]ccc2c1)N1CCOC(c2cn[nH]c2)C1. The summed E-state index contributed by atoms with van der Waals surface area (Å²) in [6.45, 7) is 1.82. The molecule has 1 atom stereocenters. The minimum Gasteiger partial charge on any atom is -0.370 e. The van der Waals surface area contributed by atoms with E-state index in [-0.39, 0.29) is 12.0 Å². The zero-order valence-electron chi connectivity index (χ0n) is 13.4. The molecule has 4 rings (SSSR count). The molecule has 2 aromatic heterocycles. The quantitative estimate of drug-likeness (QED) is 0.774. The minimum absolute atomic E-state index is 0.0855. The monoisotopic (exact) mass is 324 g/mol. The van der Waals surface area contributed by atoms with Crippen LogP contribution in [0.4, 0.5) is 0 Å². The summed E-state index contributed by atoms with van der Waals surface area (Å²) in [6.07, 6.45) is 6.71. The van der Waals surface area contributed by atoms with Crippen LogP contribution >= 0.6 is 0 Å². The van der Waals surface area contributed by atoms with Gasteiger partial charge in [-0.25, -0.2) is 0 Å². The summed E-state index contributed by atoms with van der Waals surface area (Å²) < 4.78 is 5.75. The molecule has 6 nitrogen and oxygen atoms in total. The summed E-state index contributed by atoms with van der Waals surface area (Å²) >= 11 is 0. The number of aryl methyl sites for hydroxylation is 1. The van der Waals surface area contributed by atoms with E-state index >= 15 is 0 Å².